The summed E-state index contributed by atoms with van der Waals surface area (Å²) in [5.41, 5.74) is 1.05. The standard InChI is InChI=1S/C13H14N2O3S/c1-9-5-3-4-6-11(9)17-7-12-14-15-13(18-12)19-8-10(2)16/h3-6H,7-8H2,1-2H3. The number of Topliss-reactive ketones (excluding diaryl/α,β-unsaturated/α-hetero) is 1. The molecular weight excluding hydrogens is 264 g/mol. The lowest BCUT2D eigenvalue weighted by Gasteiger charge is -2.05. The van der Waals surface area contributed by atoms with Crippen molar-refractivity contribution in [3.8, 4) is 5.75 Å². The third kappa shape index (κ3) is 4.10. The Bertz CT molecular complexity index is 569. The number of thioether (sulfide) groups is 1. The van der Waals surface area contributed by atoms with E-state index in [0.29, 0.717) is 16.9 Å². The first-order valence-electron chi connectivity index (χ1n) is 5.78. The van der Waals surface area contributed by atoms with Crippen LogP contribution in [0.5, 0.6) is 5.75 Å². The fraction of sp³-hybridized carbons (Fsp3) is 0.308. The van der Waals surface area contributed by atoms with E-state index in [2.05, 4.69) is 10.2 Å². The van der Waals surface area contributed by atoms with Crippen molar-refractivity contribution in [1.29, 1.82) is 0 Å². The van der Waals surface area contributed by atoms with Crippen LogP contribution in [0.15, 0.2) is 33.9 Å². The monoisotopic (exact) mass is 278 g/mol. The number of aryl methyl sites for hydroxylation is 1. The van der Waals surface area contributed by atoms with Gasteiger partial charge >= 0.3 is 0 Å². The minimum absolute atomic E-state index is 0.0703. The molecule has 0 N–H and O–H groups in total. The van der Waals surface area contributed by atoms with Crippen molar-refractivity contribution in [2.45, 2.75) is 25.7 Å². The zero-order valence-electron chi connectivity index (χ0n) is 10.8. The van der Waals surface area contributed by atoms with Gasteiger partial charge in [-0.3, -0.25) is 4.79 Å². The van der Waals surface area contributed by atoms with Crippen LogP contribution in [-0.2, 0) is 11.4 Å². The van der Waals surface area contributed by atoms with Crippen molar-refractivity contribution in [3.63, 3.8) is 0 Å². The number of hydrogen-bond donors (Lipinski definition) is 0. The van der Waals surface area contributed by atoms with E-state index in [1.54, 1.807) is 0 Å². The fourth-order valence-electron chi connectivity index (χ4n) is 1.38. The van der Waals surface area contributed by atoms with Crippen LogP contribution >= 0.6 is 11.8 Å². The first-order chi connectivity index (χ1) is 9.15. The molecule has 1 heterocycles. The van der Waals surface area contributed by atoms with Gasteiger partial charge in [0.05, 0.1) is 5.75 Å². The molecule has 0 fully saturated rings. The smallest absolute Gasteiger partial charge is 0.277 e. The molecule has 100 valence electrons. The van der Waals surface area contributed by atoms with E-state index in [9.17, 15) is 4.79 Å². The van der Waals surface area contributed by atoms with E-state index in [0.717, 1.165) is 11.3 Å². The third-order valence-electron chi connectivity index (χ3n) is 2.29. The van der Waals surface area contributed by atoms with Crippen molar-refractivity contribution in [2.75, 3.05) is 5.75 Å². The number of ketones is 1. The lowest BCUT2D eigenvalue weighted by atomic mass is 10.2. The summed E-state index contributed by atoms with van der Waals surface area (Å²) in [5, 5.41) is 8.09. The highest BCUT2D eigenvalue weighted by Crippen LogP contribution is 2.19. The molecule has 0 radical (unpaired) electrons. The molecule has 0 unspecified atom stereocenters. The topological polar surface area (TPSA) is 65.2 Å². The second kappa shape index (κ2) is 6.38. The molecule has 0 amide bonds. The number of rotatable bonds is 6. The molecule has 19 heavy (non-hydrogen) atoms. The first kappa shape index (κ1) is 13.6. The first-order valence-corrected chi connectivity index (χ1v) is 6.77. The van der Waals surface area contributed by atoms with Gasteiger partial charge < -0.3 is 9.15 Å². The molecule has 0 saturated carbocycles. The Hall–Kier alpha value is -1.82. The number of nitrogens with zero attached hydrogens (tertiary/aromatic N) is 2. The molecule has 5 nitrogen and oxygen atoms in total. The van der Waals surface area contributed by atoms with Gasteiger partial charge in [-0.25, -0.2) is 0 Å². The normalized spacial score (nSPS) is 10.4. The number of carbonyl (C=O) groups excluding carboxylic acids is 1. The predicted molar refractivity (Wildman–Crippen MR) is 71.2 cm³/mol. The van der Waals surface area contributed by atoms with E-state index in [-0.39, 0.29) is 12.4 Å². The average Bonchev–Trinajstić information content (AvgIpc) is 2.83. The number of hydrogen-bond acceptors (Lipinski definition) is 6. The minimum Gasteiger partial charge on any atom is -0.484 e. The van der Waals surface area contributed by atoms with Crippen molar-refractivity contribution in [2.24, 2.45) is 0 Å². The Morgan fingerprint density at radius 3 is 2.89 bits per heavy atom. The minimum atomic E-state index is 0.0703. The highest BCUT2D eigenvalue weighted by molar-refractivity contribution is 7.99. The second-order valence-electron chi connectivity index (χ2n) is 4.01. The van der Waals surface area contributed by atoms with E-state index in [4.69, 9.17) is 9.15 Å². The van der Waals surface area contributed by atoms with E-state index in [1.165, 1.54) is 18.7 Å². The summed E-state index contributed by atoms with van der Waals surface area (Å²) in [5.74, 6) is 1.59. The van der Waals surface area contributed by atoms with E-state index in [1.807, 2.05) is 31.2 Å². The molecule has 0 spiro atoms. The van der Waals surface area contributed by atoms with Gasteiger partial charge in [0.2, 0.25) is 0 Å². The maximum Gasteiger partial charge on any atom is 0.277 e. The SMILES string of the molecule is CC(=O)CSc1nnc(COc2ccccc2C)o1. The van der Waals surface area contributed by atoms with Crippen molar-refractivity contribution >= 4 is 17.5 Å². The maximum absolute atomic E-state index is 10.8. The quantitative estimate of drug-likeness (QED) is 0.757. The number of para-hydroxylation sites is 1. The molecule has 0 aliphatic rings. The van der Waals surface area contributed by atoms with Gasteiger partial charge in [-0.1, -0.05) is 30.0 Å². The molecule has 1 aromatic carbocycles. The third-order valence-corrected chi connectivity index (χ3v) is 3.25. The lowest BCUT2D eigenvalue weighted by Crippen LogP contribution is -1.97. The lowest BCUT2D eigenvalue weighted by molar-refractivity contribution is -0.114. The molecule has 0 saturated heterocycles. The molecule has 2 aromatic rings. The highest BCUT2D eigenvalue weighted by atomic mass is 32.2. The second-order valence-corrected chi connectivity index (χ2v) is 4.93. The summed E-state index contributed by atoms with van der Waals surface area (Å²) in [6.45, 7) is 3.71. The molecular formula is C13H14N2O3S. The summed E-state index contributed by atoms with van der Waals surface area (Å²) in [4.78, 5) is 10.8. The molecule has 2 rings (SSSR count). The van der Waals surface area contributed by atoms with Crippen molar-refractivity contribution < 1.29 is 13.9 Å². The average molecular weight is 278 g/mol. The molecule has 6 heteroatoms. The van der Waals surface area contributed by atoms with Gasteiger partial charge in [0.1, 0.15) is 11.5 Å². The van der Waals surface area contributed by atoms with E-state index < -0.39 is 0 Å². The van der Waals surface area contributed by atoms with Crippen LogP contribution in [0.2, 0.25) is 0 Å². The summed E-state index contributed by atoms with van der Waals surface area (Å²) >= 11 is 1.23. The Morgan fingerprint density at radius 1 is 1.37 bits per heavy atom. The van der Waals surface area contributed by atoms with Crippen molar-refractivity contribution in [1.82, 2.24) is 10.2 Å². The van der Waals surface area contributed by atoms with E-state index >= 15 is 0 Å². The molecule has 1 aromatic heterocycles. The fourth-order valence-corrected chi connectivity index (χ4v) is 1.96. The van der Waals surface area contributed by atoms with Crippen LogP contribution in [0.1, 0.15) is 18.4 Å². The number of carbonyl (C=O) groups is 1. The Labute approximate surface area is 115 Å². The summed E-state index contributed by atoms with van der Waals surface area (Å²) in [6.07, 6.45) is 0. The van der Waals surface area contributed by atoms with Crippen LogP contribution in [0.4, 0.5) is 0 Å². The van der Waals surface area contributed by atoms with Gasteiger partial charge in [-0.2, -0.15) is 0 Å². The van der Waals surface area contributed by atoms with Gasteiger partial charge in [0, 0.05) is 0 Å². The number of aromatic nitrogens is 2. The predicted octanol–water partition coefficient (Wildman–Crippen LogP) is 2.64. The molecule has 0 bridgehead atoms. The zero-order chi connectivity index (χ0) is 13.7. The summed E-state index contributed by atoms with van der Waals surface area (Å²) in [6, 6.07) is 7.71. The zero-order valence-corrected chi connectivity index (χ0v) is 11.6. The summed E-state index contributed by atoms with van der Waals surface area (Å²) < 4.78 is 10.9. The van der Waals surface area contributed by atoms with Gasteiger partial charge in [0.15, 0.2) is 6.61 Å². The number of ether oxygens (including phenoxy) is 1. The van der Waals surface area contributed by atoms with Gasteiger partial charge in [-0.15, -0.1) is 10.2 Å². The highest BCUT2D eigenvalue weighted by Gasteiger charge is 2.08. The van der Waals surface area contributed by atoms with Gasteiger partial charge in [0.25, 0.3) is 11.1 Å². The largest absolute Gasteiger partial charge is 0.484 e. The Balaban J connectivity index is 1.90. The summed E-state index contributed by atoms with van der Waals surface area (Å²) in [7, 11) is 0. The van der Waals surface area contributed by atoms with Gasteiger partial charge in [-0.05, 0) is 25.5 Å². The molecule has 0 atom stereocenters. The Morgan fingerprint density at radius 2 is 2.16 bits per heavy atom. The van der Waals surface area contributed by atoms with Crippen LogP contribution in [-0.4, -0.2) is 21.7 Å². The van der Waals surface area contributed by atoms with Crippen LogP contribution in [0.25, 0.3) is 0 Å². The molecule has 0 aliphatic heterocycles. The maximum atomic E-state index is 10.8. The van der Waals surface area contributed by atoms with Crippen LogP contribution < -0.4 is 4.74 Å². The van der Waals surface area contributed by atoms with Crippen LogP contribution in [0.3, 0.4) is 0 Å². The Kier molecular flexibility index (Phi) is 4.57. The van der Waals surface area contributed by atoms with Crippen LogP contribution in [0, 0.1) is 6.92 Å². The molecule has 0 aliphatic carbocycles. The number of benzene rings is 1. The van der Waals surface area contributed by atoms with Crippen molar-refractivity contribution in [3.05, 3.63) is 35.7 Å².